The average molecular weight is 434 g/mol. The molecule has 0 radical (unpaired) electrons. The smallest absolute Gasteiger partial charge is 0.180 e. The van der Waals surface area contributed by atoms with E-state index in [2.05, 4.69) is 31.5 Å². The molecule has 0 bridgehead atoms. The van der Waals surface area contributed by atoms with E-state index >= 15 is 0 Å². The zero-order valence-electron chi connectivity index (χ0n) is 17.4. The lowest BCUT2D eigenvalue weighted by Crippen LogP contribution is -2.45. The Morgan fingerprint density at radius 3 is 2.61 bits per heavy atom. The van der Waals surface area contributed by atoms with Crippen LogP contribution in [0.4, 0.5) is 11.6 Å². The van der Waals surface area contributed by atoms with Crippen molar-refractivity contribution in [3.8, 4) is 11.4 Å². The molecule has 158 valence electrons. The molecule has 0 saturated carbocycles. The molecule has 0 unspecified atom stereocenters. The summed E-state index contributed by atoms with van der Waals surface area (Å²) in [5, 5.41) is 4.13. The predicted molar refractivity (Wildman–Crippen MR) is 125 cm³/mol. The van der Waals surface area contributed by atoms with Gasteiger partial charge in [0.2, 0.25) is 0 Å². The summed E-state index contributed by atoms with van der Waals surface area (Å²) in [6.45, 7) is 4.64. The third-order valence-corrected chi connectivity index (χ3v) is 5.86. The lowest BCUT2D eigenvalue weighted by Gasteiger charge is -2.33. The lowest BCUT2D eigenvalue weighted by molar-refractivity contribution is 0.312. The molecular weight excluding hydrogens is 410 g/mol. The van der Waals surface area contributed by atoms with Gasteiger partial charge in [-0.1, -0.05) is 29.8 Å². The van der Waals surface area contributed by atoms with Gasteiger partial charge in [-0.3, -0.25) is 4.40 Å². The fourth-order valence-corrected chi connectivity index (χ4v) is 3.93. The normalized spacial score (nSPS) is 14.8. The topological polar surface area (TPSA) is 61.6 Å². The molecule has 1 aromatic carbocycles. The molecule has 0 atom stereocenters. The van der Waals surface area contributed by atoms with Crippen LogP contribution >= 0.6 is 11.6 Å². The van der Waals surface area contributed by atoms with Crippen LogP contribution in [0.25, 0.3) is 17.0 Å². The van der Waals surface area contributed by atoms with E-state index in [9.17, 15) is 0 Å². The third kappa shape index (κ3) is 4.19. The van der Waals surface area contributed by atoms with Crippen LogP contribution in [0.5, 0.6) is 0 Å². The molecule has 4 aromatic rings. The van der Waals surface area contributed by atoms with E-state index in [1.54, 1.807) is 0 Å². The highest BCUT2D eigenvalue weighted by molar-refractivity contribution is 6.30. The van der Waals surface area contributed by atoms with Gasteiger partial charge in [0.05, 0.1) is 17.6 Å². The van der Waals surface area contributed by atoms with Gasteiger partial charge in [0, 0.05) is 50.1 Å². The maximum Gasteiger partial charge on any atom is 0.180 e. The summed E-state index contributed by atoms with van der Waals surface area (Å²) in [7, 11) is 2.15. The molecule has 4 heterocycles. The Hall–Kier alpha value is -3.16. The summed E-state index contributed by atoms with van der Waals surface area (Å²) < 4.78 is 2.08. The van der Waals surface area contributed by atoms with Crippen LogP contribution in [0, 0.1) is 0 Å². The number of benzene rings is 1. The van der Waals surface area contributed by atoms with E-state index in [1.807, 2.05) is 61.1 Å². The van der Waals surface area contributed by atoms with E-state index in [4.69, 9.17) is 21.6 Å². The lowest BCUT2D eigenvalue weighted by atomic mass is 10.2. The Morgan fingerprint density at radius 1 is 1.00 bits per heavy atom. The van der Waals surface area contributed by atoms with Crippen molar-refractivity contribution in [1.82, 2.24) is 24.3 Å². The van der Waals surface area contributed by atoms with E-state index in [0.29, 0.717) is 6.54 Å². The molecule has 8 heteroatoms. The third-order valence-electron chi connectivity index (χ3n) is 5.61. The van der Waals surface area contributed by atoms with Gasteiger partial charge in [-0.25, -0.2) is 15.0 Å². The number of hydrogen-bond donors (Lipinski definition) is 1. The molecule has 0 amide bonds. The maximum absolute atomic E-state index is 5.97. The molecule has 31 heavy (non-hydrogen) atoms. The number of rotatable bonds is 5. The van der Waals surface area contributed by atoms with Crippen LogP contribution in [0.2, 0.25) is 5.02 Å². The number of fused-ring (bicyclic) bond motifs is 1. The number of piperazine rings is 1. The monoisotopic (exact) mass is 433 g/mol. The predicted octanol–water partition coefficient (Wildman–Crippen LogP) is 3.81. The summed E-state index contributed by atoms with van der Waals surface area (Å²) in [4.78, 5) is 18.8. The van der Waals surface area contributed by atoms with Crippen molar-refractivity contribution in [2.24, 2.45) is 0 Å². The Kier molecular flexibility index (Phi) is 5.44. The highest BCUT2D eigenvalue weighted by atomic mass is 35.5. The number of imidazole rings is 1. The Morgan fingerprint density at radius 2 is 1.81 bits per heavy atom. The van der Waals surface area contributed by atoms with Gasteiger partial charge in [0.15, 0.2) is 11.5 Å². The quantitative estimate of drug-likeness (QED) is 0.516. The van der Waals surface area contributed by atoms with E-state index < -0.39 is 0 Å². The standard InChI is InChI=1S/C23H24ClN7/c1-29-11-13-30(14-12-29)22-23-27-16-20(31(23)10-9-25-22)19-3-2-4-21(28-19)26-15-17-5-7-18(24)8-6-17/h2-10,16H,11-15H2,1H3,(H,26,28). The summed E-state index contributed by atoms with van der Waals surface area (Å²) in [5.41, 5.74) is 3.82. The number of hydrogen-bond acceptors (Lipinski definition) is 6. The van der Waals surface area contributed by atoms with Crippen LogP contribution in [0.1, 0.15) is 5.56 Å². The van der Waals surface area contributed by atoms with Crippen molar-refractivity contribution >= 4 is 28.9 Å². The minimum absolute atomic E-state index is 0.679. The minimum atomic E-state index is 0.679. The van der Waals surface area contributed by atoms with Crippen LogP contribution in [0.15, 0.2) is 61.1 Å². The highest BCUT2D eigenvalue weighted by Gasteiger charge is 2.20. The molecular formula is C23H24ClN7. The molecule has 0 spiro atoms. The second-order valence-corrected chi connectivity index (χ2v) is 8.20. The van der Waals surface area contributed by atoms with Crippen molar-refractivity contribution in [1.29, 1.82) is 0 Å². The van der Waals surface area contributed by atoms with Gasteiger partial charge in [-0.15, -0.1) is 0 Å². The summed E-state index contributed by atoms with van der Waals surface area (Å²) in [5.74, 6) is 1.75. The number of nitrogens with zero attached hydrogens (tertiary/aromatic N) is 6. The average Bonchev–Trinajstić information content (AvgIpc) is 3.24. The largest absolute Gasteiger partial charge is 0.366 e. The number of halogens is 1. The molecule has 3 aromatic heterocycles. The zero-order chi connectivity index (χ0) is 21.2. The second-order valence-electron chi connectivity index (χ2n) is 7.77. The van der Waals surface area contributed by atoms with Crippen molar-refractivity contribution in [2.45, 2.75) is 6.54 Å². The molecule has 1 aliphatic rings. The van der Waals surface area contributed by atoms with Crippen molar-refractivity contribution in [2.75, 3.05) is 43.4 Å². The van der Waals surface area contributed by atoms with Crippen LogP contribution in [-0.2, 0) is 6.54 Å². The molecule has 1 aliphatic heterocycles. The van der Waals surface area contributed by atoms with Gasteiger partial charge in [-0.05, 0) is 36.9 Å². The number of nitrogens with one attached hydrogen (secondary N) is 1. The minimum Gasteiger partial charge on any atom is -0.366 e. The fraction of sp³-hybridized carbons (Fsp3) is 0.261. The summed E-state index contributed by atoms with van der Waals surface area (Å²) in [6.07, 6.45) is 5.67. The van der Waals surface area contributed by atoms with Gasteiger partial charge in [0.1, 0.15) is 5.82 Å². The Bertz CT molecular complexity index is 1180. The van der Waals surface area contributed by atoms with E-state index in [1.165, 1.54) is 0 Å². The van der Waals surface area contributed by atoms with Gasteiger partial charge < -0.3 is 15.1 Å². The first-order valence-electron chi connectivity index (χ1n) is 10.4. The Balaban J connectivity index is 1.40. The first kappa shape index (κ1) is 19.8. The van der Waals surface area contributed by atoms with Gasteiger partial charge in [-0.2, -0.15) is 0 Å². The number of aromatic nitrogens is 4. The summed E-state index contributed by atoms with van der Waals surface area (Å²) in [6, 6.07) is 13.8. The van der Waals surface area contributed by atoms with Crippen LogP contribution < -0.4 is 10.2 Å². The molecule has 5 rings (SSSR count). The first-order chi connectivity index (χ1) is 15.2. The summed E-state index contributed by atoms with van der Waals surface area (Å²) >= 11 is 5.97. The van der Waals surface area contributed by atoms with Crippen LogP contribution in [-0.4, -0.2) is 57.5 Å². The van der Waals surface area contributed by atoms with Crippen LogP contribution in [0.3, 0.4) is 0 Å². The Labute approximate surface area is 186 Å². The molecule has 7 nitrogen and oxygen atoms in total. The van der Waals surface area contributed by atoms with E-state index in [-0.39, 0.29) is 0 Å². The van der Waals surface area contributed by atoms with Crippen molar-refractivity contribution in [3.05, 3.63) is 71.6 Å². The highest BCUT2D eigenvalue weighted by Crippen LogP contribution is 2.25. The number of anilines is 2. The SMILES string of the molecule is CN1CCN(c2nccn3c(-c4cccc(NCc5ccc(Cl)cc5)n4)cnc23)CC1. The van der Waals surface area contributed by atoms with Gasteiger partial charge >= 0.3 is 0 Å². The first-order valence-corrected chi connectivity index (χ1v) is 10.8. The second kappa shape index (κ2) is 8.53. The zero-order valence-corrected chi connectivity index (χ0v) is 18.1. The number of likely N-dealkylation sites (N-methyl/N-ethyl adjacent to an activating group) is 1. The molecule has 1 saturated heterocycles. The van der Waals surface area contributed by atoms with Gasteiger partial charge in [0.25, 0.3) is 0 Å². The molecule has 1 N–H and O–H groups in total. The van der Waals surface area contributed by atoms with E-state index in [0.717, 1.165) is 65.4 Å². The van der Waals surface area contributed by atoms with Crippen molar-refractivity contribution < 1.29 is 0 Å². The fourth-order valence-electron chi connectivity index (χ4n) is 3.81. The number of pyridine rings is 1. The maximum atomic E-state index is 5.97. The molecule has 1 fully saturated rings. The van der Waals surface area contributed by atoms with Crippen molar-refractivity contribution in [3.63, 3.8) is 0 Å². The molecule has 0 aliphatic carbocycles.